The molecule has 0 saturated carbocycles. The summed E-state index contributed by atoms with van der Waals surface area (Å²) in [4.78, 5) is 12.4. The Labute approximate surface area is 161 Å². The maximum absolute atomic E-state index is 12.4. The largest absolute Gasteiger partial charge is 0.394 e. The molecule has 1 atom stereocenters. The smallest absolute Gasteiger partial charge is 0.251 e. The van der Waals surface area contributed by atoms with Gasteiger partial charge in [-0.3, -0.25) is 4.79 Å². The van der Waals surface area contributed by atoms with Crippen molar-refractivity contribution in [2.75, 3.05) is 6.61 Å². The second-order valence-corrected chi connectivity index (χ2v) is 7.13. The second-order valence-electron chi connectivity index (χ2n) is 6.69. The van der Waals surface area contributed by atoms with E-state index >= 15 is 0 Å². The van der Waals surface area contributed by atoms with Gasteiger partial charge in [-0.1, -0.05) is 62.1 Å². The zero-order chi connectivity index (χ0) is 18.8. The molecule has 0 heterocycles. The molecule has 0 aromatic heterocycles. The molecule has 2 aromatic carbocycles. The van der Waals surface area contributed by atoms with Gasteiger partial charge < -0.3 is 10.4 Å². The molecule has 0 fully saturated rings. The normalized spacial score (nSPS) is 12.0. The lowest BCUT2D eigenvalue weighted by Crippen LogP contribution is -2.39. The first-order valence-corrected chi connectivity index (χ1v) is 9.75. The van der Waals surface area contributed by atoms with Gasteiger partial charge in [-0.2, -0.15) is 0 Å². The summed E-state index contributed by atoms with van der Waals surface area (Å²) in [5, 5.41) is 13.2. The first-order chi connectivity index (χ1) is 12.6. The molecule has 0 aliphatic heterocycles. The predicted molar refractivity (Wildman–Crippen MR) is 108 cm³/mol. The third-order valence-electron chi connectivity index (χ3n) is 4.49. The van der Waals surface area contributed by atoms with Gasteiger partial charge in [0.1, 0.15) is 0 Å². The predicted octanol–water partition coefficient (Wildman–Crippen LogP) is 4.80. The summed E-state index contributed by atoms with van der Waals surface area (Å²) < 4.78 is 0. The third-order valence-corrected chi connectivity index (χ3v) is 4.74. The number of aliphatic hydroxyl groups is 1. The van der Waals surface area contributed by atoms with Crippen molar-refractivity contribution in [3.05, 3.63) is 70.2 Å². The van der Waals surface area contributed by atoms with Gasteiger partial charge in [0.05, 0.1) is 12.6 Å². The molecule has 0 bridgehead atoms. The number of unbranched alkanes of at least 4 members (excludes halogenated alkanes) is 3. The fourth-order valence-corrected chi connectivity index (χ4v) is 3.04. The van der Waals surface area contributed by atoms with E-state index in [9.17, 15) is 9.90 Å². The molecule has 0 aliphatic rings. The second kappa shape index (κ2) is 11.0. The number of aliphatic hydroxyl groups excluding tert-OH is 1. The minimum Gasteiger partial charge on any atom is -0.394 e. The monoisotopic (exact) mass is 373 g/mol. The third kappa shape index (κ3) is 6.81. The fraction of sp³-hybridized carbons (Fsp3) is 0.409. The van der Waals surface area contributed by atoms with Crippen molar-refractivity contribution in [3.63, 3.8) is 0 Å². The van der Waals surface area contributed by atoms with E-state index in [2.05, 4.69) is 12.2 Å². The van der Waals surface area contributed by atoms with Gasteiger partial charge >= 0.3 is 0 Å². The van der Waals surface area contributed by atoms with Gasteiger partial charge in [0, 0.05) is 10.6 Å². The number of halogens is 1. The number of hydrogen-bond donors (Lipinski definition) is 2. The molecule has 3 nitrogen and oxygen atoms in total. The number of amides is 1. The van der Waals surface area contributed by atoms with Crippen LogP contribution in [0.15, 0.2) is 48.5 Å². The number of benzene rings is 2. The Hall–Kier alpha value is -1.84. The van der Waals surface area contributed by atoms with Crippen LogP contribution in [0.3, 0.4) is 0 Å². The van der Waals surface area contributed by atoms with E-state index in [1.54, 1.807) is 0 Å². The molecule has 0 aliphatic carbocycles. The highest BCUT2D eigenvalue weighted by Gasteiger charge is 2.13. The van der Waals surface area contributed by atoms with Crippen LogP contribution >= 0.6 is 11.6 Å². The van der Waals surface area contributed by atoms with Crippen LogP contribution in [0.25, 0.3) is 0 Å². The summed E-state index contributed by atoms with van der Waals surface area (Å²) in [5.41, 5.74) is 2.91. The number of aryl methyl sites for hydroxylation is 1. The lowest BCUT2D eigenvalue weighted by atomic mass is 10.0. The van der Waals surface area contributed by atoms with E-state index in [-0.39, 0.29) is 18.6 Å². The lowest BCUT2D eigenvalue weighted by molar-refractivity contribution is 0.0916. The molecular weight excluding hydrogens is 346 g/mol. The van der Waals surface area contributed by atoms with E-state index in [4.69, 9.17) is 11.6 Å². The fourth-order valence-electron chi connectivity index (χ4n) is 2.91. The Morgan fingerprint density at radius 1 is 1.00 bits per heavy atom. The zero-order valence-electron chi connectivity index (χ0n) is 15.4. The number of hydrogen-bond acceptors (Lipinski definition) is 2. The van der Waals surface area contributed by atoms with Gasteiger partial charge in [-0.05, 0) is 54.7 Å². The quantitative estimate of drug-likeness (QED) is 0.588. The highest BCUT2D eigenvalue weighted by Crippen LogP contribution is 2.12. The van der Waals surface area contributed by atoms with Gasteiger partial charge in [-0.25, -0.2) is 0 Å². The maximum Gasteiger partial charge on any atom is 0.251 e. The molecule has 26 heavy (non-hydrogen) atoms. The summed E-state index contributed by atoms with van der Waals surface area (Å²) >= 11 is 5.89. The molecule has 1 amide bonds. The van der Waals surface area contributed by atoms with Crippen LogP contribution in [0.5, 0.6) is 0 Å². The minimum atomic E-state index is -0.322. The van der Waals surface area contributed by atoms with Crippen LogP contribution in [0.4, 0.5) is 0 Å². The SMILES string of the molecule is CCCCCCc1ccc(C(=O)NC(CO)Cc2ccc(Cl)cc2)cc1. The molecule has 4 heteroatoms. The molecular formula is C22H28ClNO2. The maximum atomic E-state index is 12.4. The molecule has 0 radical (unpaired) electrons. The van der Waals surface area contributed by atoms with Crippen molar-refractivity contribution in [1.29, 1.82) is 0 Å². The van der Waals surface area contributed by atoms with E-state index in [0.29, 0.717) is 17.0 Å². The van der Waals surface area contributed by atoms with E-state index in [1.165, 1.54) is 31.2 Å². The van der Waals surface area contributed by atoms with Gasteiger partial charge in [0.2, 0.25) is 0 Å². The van der Waals surface area contributed by atoms with Crippen LogP contribution < -0.4 is 5.32 Å². The van der Waals surface area contributed by atoms with Crippen LogP contribution in [0.1, 0.15) is 54.1 Å². The Balaban J connectivity index is 1.87. The summed E-state index contributed by atoms with van der Waals surface area (Å²) in [6.07, 6.45) is 6.57. The van der Waals surface area contributed by atoms with E-state index in [0.717, 1.165) is 12.0 Å². The Bertz CT molecular complexity index is 668. The summed E-state index contributed by atoms with van der Waals surface area (Å²) in [5.74, 6) is -0.157. The average molecular weight is 374 g/mol. The van der Waals surface area contributed by atoms with Crippen molar-refractivity contribution in [1.82, 2.24) is 5.32 Å². The first-order valence-electron chi connectivity index (χ1n) is 9.37. The van der Waals surface area contributed by atoms with Crippen molar-refractivity contribution >= 4 is 17.5 Å². The topological polar surface area (TPSA) is 49.3 Å². The number of carbonyl (C=O) groups is 1. The molecule has 140 valence electrons. The van der Waals surface area contributed by atoms with E-state index in [1.807, 2.05) is 48.5 Å². The minimum absolute atomic E-state index is 0.107. The number of nitrogens with one attached hydrogen (secondary N) is 1. The Kier molecular flexibility index (Phi) is 8.66. The lowest BCUT2D eigenvalue weighted by Gasteiger charge is -2.16. The Morgan fingerprint density at radius 2 is 1.65 bits per heavy atom. The summed E-state index contributed by atoms with van der Waals surface area (Å²) in [6.45, 7) is 2.10. The molecule has 2 aromatic rings. The van der Waals surface area contributed by atoms with E-state index < -0.39 is 0 Å². The van der Waals surface area contributed by atoms with Gasteiger partial charge in [-0.15, -0.1) is 0 Å². The molecule has 0 saturated heterocycles. The standard InChI is InChI=1S/C22H28ClNO2/c1-2-3-4-5-6-17-7-11-19(12-8-17)22(26)24-21(16-25)15-18-9-13-20(23)14-10-18/h7-14,21,25H,2-6,15-16H2,1H3,(H,24,26). The van der Waals surface area contributed by atoms with Crippen LogP contribution in [-0.2, 0) is 12.8 Å². The first kappa shape index (κ1) is 20.5. The van der Waals surface area contributed by atoms with Crippen molar-refractivity contribution < 1.29 is 9.90 Å². The zero-order valence-corrected chi connectivity index (χ0v) is 16.1. The van der Waals surface area contributed by atoms with Crippen molar-refractivity contribution in [2.24, 2.45) is 0 Å². The highest BCUT2D eigenvalue weighted by molar-refractivity contribution is 6.30. The van der Waals surface area contributed by atoms with Crippen molar-refractivity contribution in [2.45, 2.75) is 51.5 Å². The Morgan fingerprint density at radius 3 is 2.27 bits per heavy atom. The average Bonchev–Trinajstić information content (AvgIpc) is 2.67. The van der Waals surface area contributed by atoms with Crippen molar-refractivity contribution in [3.8, 4) is 0 Å². The molecule has 2 rings (SSSR count). The summed E-state index contributed by atoms with van der Waals surface area (Å²) in [6, 6.07) is 14.9. The van der Waals surface area contributed by atoms with Gasteiger partial charge in [0.15, 0.2) is 0 Å². The van der Waals surface area contributed by atoms with Crippen LogP contribution in [-0.4, -0.2) is 23.7 Å². The molecule has 0 spiro atoms. The van der Waals surface area contributed by atoms with Crippen LogP contribution in [0, 0.1) is 0 Å². The van der Waals surface area contributed by atoms with Gasteiger partial charge in [0.25, 0.3) is 5.91 Å². The number of rotatable bonds is 10. The summed E-state index contributed by atoms with van der Waals surface area (Å²) in [7, 11) is 0. The molecule has 1 unspecified atom stereocenters. The molecule has 2 N–H and O–H groups in total. The highest BCUT2D eigenvalue weighted by atomic mass is 35.5. The number of carbonyl (C=O) groups excluding carboxylic acids is 1. The van der Waals surface area contributed by atoms with Crippen LogP contribution in [0.2, 0.25) is 5.02 Å².